The number of likely N-dealkylation sites (tertiary alicyclic amines) is 1. The van der Waals surface area contributed by atoms with Gasteiger partial charge in [-0.2, -0.15) is 10.4 Å². The number of piperidine rings is 2. The van der Waals surface area contributed by atoms with Gasteiger partial charge in [0.2, 0.25) is 11.8 Å². The number of nitriles is 1. The molecule has 5 aliphatic heterocycles. The second kappa shape index (κ2) is 20.4. The molecule has 0 radical (unpaired) electrons. The summed E-state index contributed by atoms with van der Waals surface area (Å²) in [6.45, 7) is 15.8. The Morgan fingerprint density at radius 2 is 1.68 bits per heavy atom. The number of aryl methyl sites for hydroxylation is 3. The summed E-state index contributed by atoms with van der Waals surface area (Å²) in [7, 11) is 2.00. The molecule has 1 saturated carbocycles. The number of aromatic amines is 1. The van der Waals surface area contributed by atoms with E-state index < -0.39 is 0 Å². The van der Waals surface area contributed by atoms with Crippen molar-refractivity contribution >= 4 is 40.5 Å². The van der Waals surface area contributed by atoms with Gasteiger partial charge in [0.1, 0.15) is 12.2 Å². The van der Waals surface area contributed by atoms with Crippen LogP contribution in [0.4, 0.5) is 23.0 Å². The highest BCUT2D eigenvalue weighted by molar-refractivity contribution is 6.32. The maximum atomic E-state index is 11.9. The number of hydrogen-bond acceptors (Lipinski definition) is 11. The Labute approximate surface area is 413 Å². The summed E-state index contributed by atoms with van der Waals surface area (Å²) >= 11 is 6.47. The average molecular weight is 954 g/mol. The third-order valence-electron chi connectivity index (χ3n) is 16.2. The van der Waals surface area contributed by atoms with Crippen molar-refractivity contribution in [1.82, 2.24) is 39.7 Å². The maximum absolute atomic E-state index is 11.9. The van der Waals surface area contributed by atoms with Crippen molar-refractivity contribution < 1.29 is 9.53 Å². The van der Waals surface area contributed by atoms with Gasteiger partial charge >= 0.3 is 0 Å². The lowest BCUT2D eigenvalue weighted by molar-refractivity contribution is -0.129. The molecule has 1 spiro atoms. The van der Waals surface area contributed by atoms with E-state index in [2.05, 4.69) is 88.4 Å². The zero-order chi connectivity index (χ0) is 47.6. The van der Waals surface area contributed by atoms with Crippen molar-refractivity contribution in [2.45, 2.75) is 117 Å². The van der Waals surface area contributed by atoms with Gasteiger partial charge in [-0.05, 0) is 130 Å². The van der Waals surface area contributed by atoms with Crippen LogP contribution in [0.15, 0.2) is 48.9 Å². The first-order valence-corrected chi connectivity index (χ1v) is 26.0. The first kappa shape index (κ1) is 47.0. The van der Waals surface area contributed by atoms with Gasteiger partial charge in [0.25, 0.3) is 0 Å². The van der Waals surface area contributed by atoms with Gasteiger partial charge in [0.15, 0.2) is 11.6 Å². The first-order valence-electron chi connectivity index (χ1n) is 25.7. The number of hydrogen-bond donors (Lipinski definition) is 1. The number of ether oxygens (including phenoxy) is 1. The summed E-state index contributed by atoms with van der Waals surface area (Å²) in [4.78, 5) is 28.2. The number of anilines is 4. The van der Waals surface area contributed by atoms with E-state index >= 15 is 0 Å². The zero-order valence-corrected chi connectivity index (χ0v) is 41.9. The monoisotopic (exact) mass is 953 g/mol. The maximum Gasteiger partial charge on any atom is 0.233 e. The van der Waals surface area contributed by atoms with Crippen LogP contribution in [0.2, 0.25) is 5.02 Å². The number of halogens is 1. The Hall–Kier alpha value is -5.65. The van der Waals surface area contributed by atoms with Crippen molar-refractivity contribution in [1.29, 1.82) is 5.26 Å². The van der Waals surface area contributed by atoms with E-state index in [1.807, 2.05) is 41.9 Å². The molecule has 69 heavy (non-hydrogen) atoms. The quantitative estimate of drug-likeness (QED) is 0.159. The number of nitrogens with one attached hydrogen (secondary N) is 1. The lowest BCUT2D eigenvalue weighted by Gasteiger charge is -2.40. The average Bonchev–Trinajstić information content (AvgIpc) is 4.12. The number of aromatic nitrogens is 6. The smallest absolute Gasteiger partial charge is 0.233 e. The largest absolute Gasteiger partial charge is 0.473 e. The van der Waals surface area contributed by atoms with E-state index in [-0.39, 0.29) is 12.0 Å². The summed E-state index contributed by atoms with van der Waals surface area (Å²) in [5.41, 5.74) is 11.3. The van der Waals surface area contributed by atoms with E-state index in [4.69, 9.17) is 16.3 Å². The van der Waals surface area contributed by atoms with Gasteiger partial charge in [0, 0.05) is 120 Å². The molecule has 11 rings (SSSR count). The van der Waals surface area contributed by atoms with Crippen molar-refractivity contribution in [2.75, 3.05) is 73.6 Å². The minimum absolute atomic E-state index is 0.123. The third-order valence-corrected chi connectivity index (χ3v) is 16.7. The summed E-state index contributed by atoms with van der Waals surface area (Å²) < 4.78 is 8.23. The van der Waals surface area contributed by atoms with Gasteiger partial charge in [-0.3, -0.25) is 9.89 Å². The van der Waals surface area contributed by atoms with Gasteiger partial charge in [0.05, 0.1) is 29.2 Å². The highest BCUT2D eigenvalue weighted by atomic mass is 35.5. The highest BCUT2D eigenvalue weighted by Crippen LogP contribution is 2.45. The minimum atomic E-state index is 0.123. The number of H-pyrrole nitrogens is 1. The predicted molar refractivity (Wildman–Crippen MR) is 272 cm³/mol. The molecule has 1 N–H and O–H groups in total. The van der Waals surface area contributed by atoms with E-state index in [0.29, 0.717) is 28.4 Å². The molecule has 14 nitrogen and oxygen atoms in total. The van der Waals surface area contributed by atoms with Crippen LogP contribution in [0.5, 0.6) is 5.88 Å². The molecule has 2 aromatic carbocycles. The van der Waals surface area contributed by atoms with Gasteiger partial charge in [-0.25, -0.2) is 4.98 Å². The summed E-state index contributed by atoms with van der Waals surface area (Å²) in [6.07, 6.45) is 19.9. The van der Waals surface area contributed by atoms with Gasteiger partial charge in [-0.15, -0.1) is 10.2 Å². The number of fused-ring (bicyclic) bond motifs is 2. The molecular formula is C54H69ClN12O2. The van der Waals surface area contributed by atoms with Crippen LogP contribution in [-0.4, -0.2) is 111 Å². The fraction of sp³-hybridized carbons (Fsp3) is 0.556. The second-order valence-corrected chi connectivity index (χ2v) is 21.2. The van der Waals surface area contributed by atoms with Crippen LogP contribution < -0.4 is 19.4 Å². The van der Waals surface area contributed by atoms with E-state index in [0.717, 1.165) is 137 Å². The van der Waals surface area contributed by atoms with Gasteiger partial charge in [-0.1, -0.05) is 30.9 Å². The fourth-order valence-corrected chi connectivity index (χ4v) is 12.3. The highest BCUT2D eigenvalue weighted by Gasteiger charge is 2.41. The Morgan fingerprint density at radius 1 is 0.899 bits per heavy atom. The Balaban J connectivity index is 0.000000169. The van der Waals surface area contributed by atoms with Crippen molar-refractivity contribution in [3.8, 4) is 23.2 Å². The molecule has 3 saturated heterocycles. The van der Waals surface area contributed by atoms with Crippen LogP contribution in [0.25, 0.3) is 11.3 Å². The Kier molecular flexibility index (Phi) is 13.9. The van der Waals surface area contributed by atoms with Crippen LogP contribution in [0.3, 0.4) is 0 Å². The normalized spacial score (nSPS) is 19.8. The summed E-state index contributed by atoms with van der Waals surface area (Å²) in [6, 6.07) is 14.8. The first-order chi connectivity index (χ1) is 33.5. The van der Waals surface area contributed by atoms with Crippen LogP contribution in [0.1, 0.15) is 111 Å². The molecule has 1 amide bonds. The molecular weight excluding hydrogens is 884 g/mol. The molecule has 1 aliphatic carbocycles. The predicted octanol–water partition coefficient (Wildman–Crippen LogP) is 9.34. The van der Waals surface area contributed by atoms with E-state index in [9.17, 15) is 10.1 Å². The van der Waals surface area contributed by atoms with Crippen molar-refractivity contribution in [3.63, 3.8) is 0 Å². The Morgan fingerprint density at radius 3 is 2.39 bits per heavy atom. The topological polar surface area (TPSA) is 139 Å². The fourth-order valence-electron chi connectivity index (χ4n) is 12.1. The SMILES string of the molecule is CC(=O)N1CCc2[nH]nc(N3CCCc4cc(-c5cn(C)cn5)c(C)cc43)c2C1.Cc1c(N2CCC3(CCN(c4ccc(OC5CCN(CC6CCCCC6)CC5)nn4)CC3)C2)ccc(C#N)c1Cl. The molecule has 15 heteroatoms. The van der Waals surface area contributed by atoms with Crippen molar-refractivity contribution in [3.05, 3.63) is 87.5 Å². The molecule has 0 atom stereocenters. The Bertz CT molecular complexity index is 2650. The number of rotatable bonds is 8. The second-order valence-electron chi connectivity index (χ2n) is 20.9. The summed E-state index contributed by atoms with van der Waals surface area (Å²) in [5.74, 6) is 3.61. The zero-order valence-electron chi connectivity index (χ0n) is 41.2. The van der Waals surface area contributed by atoms with Crippen LogP contribution in [-0.2, 0) is 31.2 Å². The molecule has 4 fully saturated rings. The number of nitrogens with zero attached hydrogens (tertiary/aromatic N) is 11. The molecule has 6 aliphatic rings. The molecule has 3 aromatic heterocycles. The molecule has 0 unspecified atom stereocenters. The van der Waals surface area contributed by atoms with Crippen LogP contribution in [0, 0.1) is 36.5 Å². The number of carbonyl (C=O) groups excluding carboxylic acids is 1. The lowest BCUT2D eigenvalue weighted by Crippen LogP contribution is -2.42. The van der Waals surface area contributed by atoms with Crippen LogP contribution >= 0.6 is 11.6 Å². The van der Waals surface area contributed by atoms with E-state index in [1.54, 1.807) is 6.92 Å². The van der Waals surface area contributed by atoms with E-state index in [1.165, 1.54) is 73.1 Å². The summed E-state index contributed by atoms with van der Waals surface area (Å²) in [5, 5.41) is 26.8. The number of benzene rings is 2. The molecule has 0 bridgehead atoms. The van der Waals surface area contributed by atoms with Gasteiger partial charge < -0.3 is 33.8 Å². The number of amides is 1. The minimum Gasteiger partial charge on any atom is -0.473 e. The third kappa shape index (κ3) is 10.2. The number of imidazole rings is 1. The molecule has 8 heterocycles. The standard InChI is InChI=1S/C32H43ClN6O.C22H26N6O/c1-24-28(8-7-26(21-34)31(24)33)39-20-15-32(23-39)13-18-38(19-14-32)29-9-10-30(36-35-29)40-27-11-16-37(17-12-27)22-25-5-3-2-4-6-25;1-14-9-21-16(10-17(14)20-12-26(3)13-23-20)5-4-7-28(21)22-18-11-27(15(2)29)8-6-19(18)24-25-22/h7-10,25,27H,2-6,11-20,22-23H2,1H3;9-10,12-13H,4-8,11H2,1-3H3,(H,24,25). The number of carbonyl (C=O) groups is 1. The molecule has 364 valence electrons. The van der Waals surface area contributed by atoms with Crippen molar-refractivity contribution in [2.24, 2.45) is 18.4 Å². The lowest BCUT2D eigenvalue weighted by atomic mass is 9.78. The molecule has 5 aromatic rings.